The first-order valence-electron chi connectivity index (χ1n) is 9.42. The number of nitrogens with zero attached hydrogens (tertiary/aromatic N) is 1. The molecule has 32 heavy (non-hydrogen) atoms. The molecule has 0 radical (unpaired) electrons. The molecule has 0 bridgehead atoms. The molecule has 0 aliphatic heterocycles. The Morgan fingerprint density at radius 2 is 1.81 bits per heavy atom. The standard InChI is InChI=1S/C22H17F3N4O3/c23-22(24,25)17-10-19-18(9-16(17)15-7-2-1-4-13(15)11-30)27-21(28-19)26-14-6-3-5-12(8-14)20(31)29-32/h1-10,30,32H,11H2,(H,29,31)(H2,26,27,28). The number of carbonyl (C=O) groups is 1. The summed E-state index contributed by atoms with van der Waals surface area (Å²) in [6.45, 7) is -0.404. The molecular weight excluding hydrogens is 425 g/mol. The fourth-order valence-corrected chi connectivity index (χ4v) is 3.43. The van der Waals surface area contributed by atoms with E-state index < -0.39 is 24.3 Å². The number of carbonyl (C=O) groups excluding carboxylic acids is 1. The van der Waals surface area contributed by atoms with Crippen molar-refractivity contribution in [2.45, 2.75) is 12.8 Å². The highest BCUT2D eigenvalue weighted by Crippen LogP contribution is 2.40. The van der Waals surface area contributed by atoms with Gasteiger partial charge >= 0.3 is 6.18 Å². The highest BCUT2D eigenvalue weighted by molar-refractivity contribution is 5.94. The number of aliphatic hydroxyl groups is 1. The van der Waals surface area contributed by atoms with Crippen LogP contribution in [-0.4, -0.2) is 26.2 Å². The lowest BCUT2D eigenvalue weighted by molar-refractivity contribution is -0.137. The first kappa shape index (κ1) is 21.3. The predicted molar refractivity (Wildman–Crippen MR) is 111 cm³/mol. The maximum absolute atomic E-state index is 13.8. The van der Waals surface area contributed by atoms with E-state index >= 15 is 0 Å². The van der Waals surface area contributed by atoms with Gasteiger partial charge in [0.1, 0.15) is 0 Å². The number of anilines is 2. The summed E-state index contributed by atoms with van der Waals surface area (Å²) in [6.07, 6.45) is -4.63. The molecule has 1 heterocycles. The molecular formula is C22H17F3N4O3. The Kier molecular flexibility index (Phi) is 5.56. The maximum atomic E-state index is 13.8. The van der Waals surface area contributed by atoms with Gasteiger partial charge < -0.3 is 15.4 Å². The zero-order valence-corrected chi connectivity index (χ0v) is 16.4. The predicted octanol–water partition coefficient (Wildman–Crippen LogP) is 4.60. The minimum atomic E-state index is -4.63. The Hall–Kier alpha value is -3.89. The largest absolute Gasteiger partial charge is 0.417 e. The van der Waals surface area contributed by atoms with Gasteiger partial charge in [0.15, 0.2) is 0 Å². The highest BCUT2D eigenvalue weighted by Gasteiger charge is 2.35. The number of amides is 1. The summed E-state index contributed by atoms with van der Waals surface area (Å²) in [6, 6.07) is 14.8. The number of hydrogen-bond donors (Lipinski definition) is 5. The summed E-state index contributed by atoms with van der Waals surface area (Å²) < 4.78 is 41.5. The second kappa shape index (κ2) is 8.33. The second-order valence-corrected chi connectivity index (χ2v) is 6.96. The van der Waals surface area contributed by atoms with Gasteiger partial charge in [-0.15, -0.1) is 0 Å². The molecule has 0 aliphatic carbocycles. The van der Waals surface area contributed by atoms with Gasteiger partial charge in [0.25, 0.3) is 5.91 Å². The molecule has 0 atom stereocenters. The molecule has 3 aromatic carbocycles. The van der Waals surface area contributed by atoms with Gasteiger partial charge in [-0.3, -0.25) is 10.0 Å². The summed E-state index contributed by atoms with van der Waals surface area (Å²) in [7, 11) is 0. The van der Waals surface area contributed by atoms with Crippen LogP contribution in [0, 0.1) is 0 Å². The maximum Gasteiger partial charge on any atom is 0.417 e. The third-order valence-corrected chi connectivity index (χ3v) is 4.89. The Balaban J connectivity index is 1.79. The van der Waals surface area contributed by atoms with Crippen molar-refractivity contribution >= 4 is 28.6 Å². The number of nitrogens with one attached hydrogen (secondary N) is 3. The normalized spacial score (nSPS) is 11.5. The lowest BCUT2D eigenvalue weighted by atomic mass is 9.94. The Morgan fingerprint density at radius 1 is 1.03 bits per heavy atom. The number of H-pyrrole nitrogens is 1. The summed E-state index contributed by atoms with van der Waals surface area (Å²) in [5.74, 6) is -0.539. The second-order valence-electron chi connectivity index (χ2n) is 6.96. The van der Waals surface area contributed by atoms with Crippen molar-refractivity contribution in [1.82, 2.24) is 15.4 Å². The van der Waals surface area contributed by atoms with Crippen molar-refractivity contribution < 1.29 is 28.3 Å². The van der Waals surface area contributed by atoms with Gasteiger partial charge in [0.2, 0.25) is 5.95 Å². The number of halogens is 3. The molecule has 10 heteroatoms. The Morgan fingerprint density at radius 3 is 2.53 bits per heavy atom. The zero-order valence-electron chi connectivity index (χ0n) is 16.4. The van der Waals surface area contributed by atoms with Crippen LogP contribution in [0.15, 0.2) is 60.7 Å². The Bertz CT molecular complexity index is 1300. The topological polar surface area (TPSA) is 110 Å². The Labute approximate surface area is 179 Å². The minimum absolute atomic E-state index is 0.0773. The molecule has 0 aliphatic rings. The minimum Gasteiger partial charge on any atom is -0.392 e. The van der Waals surface area contributed by atoms with E-state index in [0.717, 1.165) is 6.07 Å². The van der Waals surface area contributed by atoms with E-state index in [9.17, 15) is 23.1 Å². The van der Waals surface area contributed by atoms with Crippen LogP contribution < -0.4 is 10.8 Å². The van der Waals surface area contributed by atoms with Crippen molar-refractivity contribution in [1.29, 1.82) is 0 Å². The van der Waals surface area contributed by atoms with Crippen LogP contribution in [-0.2, 0) is 12.8 Å². The first-order chi connectivity index (χ1) is 15.3. The zero-order chi connectivity index (χ0) is 22.9. The molecule has 164 valence electrons. The molecule has 0 unspecified atom stereocenters. The van der Waals surface area contributed by atoms with Gasteiger partial charge in [0, 0.05) is 11.3 Å². The third-order valence-electron chi connectivity index (χ3n) is 4.89. The molecule has 4 rings (SSSR count). The number of hydroxylamine groups is 1. The van der Waals surface area contributed by atoms with E-state index in [1.807, 2.05) is 0 Å². The summed E-state index contributed by atoms with van der Waals surface area (Å²) in [5.41, 5.74) is 2.29. The van der Waals surface area contributed by atoms with E-state index in [1.54, 1.807) is 30.3 Å². The number of fused-ring (bicyclic) bond motifs is 1. The number of aromatic nitrogens is 2. The van der Waals surface area contributed by atoms with Crippen molar-refractivity contribution in [3.63, 3.8) is 0 Å². The summed E-state index contributed by atoms with van der Waals surface area (Å²) in [4.78, 5) is 18.7. The number of benzene rings is 3. The molecule has 0 saturated heterocycles. The number of alkyl halides is 3. The molecule has 1 aromatic heterocycles. The van der Waals surface area contributed by atoms with E-state index in [-0.39, 0.29) is 28.2 Å². The average molecular weight is 442 g/mol. The first-order valence-corrected chi connectivity index (χ1v) is 9.42. The van der Waals surface area contributed by atoms with Gasteiger partial charge in [0.05, 0.1) is 23.2 Å². The average Bonchev–Trinajstić information content (AvgIpc) is 3.18. The highest BCUT2D eigenvalue weighted by atomic mass is 19.4. The number of imidazole rings is 1. The fraction of sp³-hybridized carbons (Fsp3) is 0.0909. The molecule has 0 fully saturated rings. The smallest absolute Gasteiger partial charge is 0.392 e. The van der Waals surface area contributed by atoms with E-state index in [0.29, 0.717) is 16.8 Å². The van der Waals surface area contributed by atoms with Crippen LogP contribution in [0.5, 0.6) is 0 Å². The summed E-state index contributed by atoms with van der Waals surface area (Å²) in [5, 5.41) is 21.2. The van der Waals surface area contributed by atoms with Gasteiger partial charge in [-0.05, 0) is 47.0 Å². The molecule has 0 saturated carbocycles. The summed E-state index contributed by atoms with van der Waals surface area (Å²) >= 11 is 0. The van der Waals surface area contributed by atoms with Crippen molar-refractivity contribution in [2.24, 2.45) is 0 Å². The van der Waals surface area contributed by atoms with Crippen LogP contribution in [0.25, 0.3) is 22.2 Å². The van der Waals surface area contributed by atoms with E-state index in [4.69, 9.17) is 5.21 Å². The lowest BCUT2D eigenvalue weighted by Gasteiger charge is -2.15. The van der Waals surface area contributed by atoms with Gasteiger partial charge in [-0.25, -0.2) is 10.5 Å². The van der Waals surface area contributed by atoms with Crippen molar-refractivity contribution in [3.8, 4) is 11.1 Å². The number of rotatable bonds is 5. The quantitative estimate of drug-likeness (QED) is 0.229. The van der Waals surface area contributed by atoms with Crippen molar-refractivity contribution in [2.75, 3.05) is 5.32 Å². The number of hydrogen-bond acceptors (Lipinski definition) is 5. The van der Waals surface area contributed by atoms with Gasteiger partial charge in [-0.1, -0.05) is 30.3 Å². The van der Waals surface area contributed by atoms with Crippen LogP contribution >= 0.6 is 0 Å². The lowest BCUT2D eigenvalue weighted by Crippen LogP contribution is -2.18. The van der Waals surface area contributed by atoms with E-state index in [2.05, 4.69) is 15.3 Å². The van der Waals surface area contributed by atoms with Crippen molar-refractivity contribution in [3.05, 3.63) is 77.4 Å². The SMILES string of the molecule is O=C(NO)c1cccc(Nc2nc3cc(C(F)(F)F)c(-c4ccccc4CO)cc3[nH]2)c1. The van der Waals surface area contributed by atoms with Crippen LogP contribution in [0.4, 0.5) is 24.8 Å². The molecule has 0 spiro atoms. The number of aromatic amines is 1. The monoisotopic (exact) mass is 442 g/mol. The molecule has 1 amide bonds. The van der Waals surface area contributed by atoms with Gasteiger partial charge in [-0.2, -0.15) is 13.2 Å². The molecule has 4 aromatic rings. The molecule has 7 nitrogen and oxygen atoms in total. The molecule has 5 N–H and O–H groups in total. The van der Waals surface area contributed by atoms with Crippen LogP contribution in [0.3, 0.4) is 0 Å². The van der Waals surface area contributed by atoms with E-state index in [1.165, 1.54) is 29.7 Å². The fourth-order valence-electron chi connectivity index (χ4n) is 3.43. The number of aliphatic hydroxyl groups excluding tert-OH is 1. The van der Waals surface area contributed by atoms with Crippen LogP contribution in [0.1, 0.15) is 21.5 Å². The van der Waals surface area contributed by atoms with Crippen LogP contribution in [0.2, 0.25) is 0 Å². The third kappa shape index (κ3) is 4.13.